The third kappa shape index (κ3) is 4.05. The summed E-state index contributed by atoms with van der Waals surface area (Å²) in [4.78, 5) is 5.27. The van der Waals surface area contributed by atoms with Crippen molar-refractivity contribution >= 4 is 11.4 Å². The second kappa shape index (κ2) is 4.37. The molecule has 0 aliphatic carbocycles. The van der Waals surface area contributed by atoms with Crippen molar-refractivity contribution in [2.45, 2.75) is 12.6 Å². The lowest BCUT2D eigenvalue weighted by atomic mass is 10.3. The summed E-state index contributed by atoms with van der Waals surface area (Å²) < 4.78 is 35.8. The van der Waals surface area contributed by atoms with E-state index >= 15 is 0 Å². The number of hydrogen-bond acceptors (Lipinski definition) is 3. The standard InChI is InChI=1S/C9H12F3N3/c1-15(3-2-9(10,11)12)8-4-7(13)5-14-6-8/h4-6H,2-3,13H2,1H3. The van der Waals surface area contributed by atoms with Gasteiger partial charge in [0.25, 0.3) is 0 Å². The van der Waals surface area contributed by atoms with Gasteiger partial charge in [0.15, 0.2) is 0 Å². The van der Waals surface area contributed by atoms with Gasteiger partial charge < -0.3 is 10.6 Å². The molecule has 1 aromatic rings. The van der Waals surface area contributed by atoms with E-state index in [0.717, 1.165) is 0 Å². The van der Waals surface area contributed by atoms with Crippen molar-refractivity contribution in [3.05, 3.63) is 18.5 Å². The number of rotatable bonds is 3. The number of nitrogen functional groups attached to an aromatic ring is 1. The van der Waals surface area contributed by atoms with Crippen LogP contribution in [-0.4, -0.2) is 24.8 Å². The number of nitrogens with zero attached hydrogens (tertiary/aromatic N) is 2. The minimum Gasteiger partial charge on any atom is -0.397 e. The second-order valence-electron chi connectivity index (χ2n) is 3.26. The van der Waals surface area contributed by atoms with E-state index in [-0.39, 0.29) is 6.54 Å². The average molecular weight is 219 g/mol. The highest BCUT2D eigenvalue weighted by molar-refractivity contribution is 5.52. The van der Waals surface area contributed by atoms with Crippen molar-refractivity contribution in [1.82, 2.24) is 4.98 Å². The third-order valence-corrected chi connectivity index (χ3v) is 1.92. The van der Waals surface area contributed by atoms with Crippen molar-refractivity contribution in [2.24, 2.45) is 0 Å². The van der Waals surface area contributed by atoms with Crippen LogP contribution >= 0.6 is 0 Å². The highest BCUT2D eigenvalue weighted by Gasteiger charge is 2.27. The van der Waals surface area contributed by atoms with E-state index in [2.05, 4.69) is 4.98 Å². The first-order chi connectivity index (χ1) is 6.88. The maximum Gasteiger partial charge on any atom is 0.390 e. The van der Waals surface area contributed by atoms with E-state index in [4.69, 9.17) is 5.73 Å². The van der Waals surface area contributed by atoms with E-state index in [1.165, 1.54) is 17.3 Å². The van der Waals surface area contributed by atoms with Gasteiger partial charge in [0.1, 0.15) is 0 Å². The van der Waals surface area contributed by atoms with Gasteiger partial charge in [-0.15, -0.1) is 0 Å². The first-order valence-corrected chi connectivity index (χ1v) is 4.37. The molecule has 0 saturated heterocycles. The molecular formula is C9H12F3N3. The molecule has 3 nitrogen and oxygen atoms in total. The molecular weight excluding hydrogens is 207 g/mol. The molecule has 0 atom stereocenters. The van der Waals surface area contributed by atoms with Crippen LogP contribution < -0.4 is 10.6 Å². The zero-order valence-corrected chi connectivity index (χ0v) is 8.25. The molecule has 0 radical (unpaired) electrons. The van der Waals surface area contributed by atoms with Crippen LogP contribution in [-0.2, 0) is 0 Å². The number of pyridine rings is 1. The molecule has 1 rings (SSSR count). The molecule has 84 valence electrons. The van der Waals surface area contributed by atoms with Crippen LogP contribution in [0.5, 0.6) is 0 Å². The second-order valence-corrected chi connectivity index (χ2v) is 3.26. The zero-order valence-electron chi connectivity index (χ0n) is 8.25. The van der Waals surface area contributed by atoms with Crippen LogP contribution in [0.4, 0.5) is 24.5 Å². The predicted molar refractivity (Wildman–Crippen MR) is 52.6 cm³/mol. The van der Waals surface area contributed by atoms with E-state index in [1.54, 1.807) is 13.1 Å². The van der Waals surface area contributed by atoms with Gasteiger partial charge in [0.2, 0.25) is 0 Å². The van der Waals surface area contributed by atoms with Crippen molar-refractivity contribution < 1.29 is 13.2 Å². The van der Waals surface area contributed by atoms with E-state index in [0.29, 0.717) is 11.4 Å². The lowest BCUT2D eigenvalue weighted by Gasteiger charge is -2.19. The van der Waals surface area contributed by atoms with Gasteiger partial charge in [-0.2, -0.15) is 13.2 Å². The highest BCUT2D eigenvalue weighted by Crippen LogP contribution is 2.21. The molecule has 0 bridgehead atoms. The molecule has 0 saturated carbocycles. The Labute approximate surface area is 85.7 Å². The lowest BCUT2D eigenvalue weighted by Crippen LogP contribution is -2.24. The summed E-state index contributed by atoms with van der Waals surface area (Å²) in [7, 11) is 1.57. The molecule has 15 heavy (non-hydrogen) atoms. The average Bonchev–Trinajstić information content (AvgIpc) is 2.13. The maximum absolute atomic E-state index is 11.9. The largest absolute Gasteiger partial charge is 0.397 e. The first-order valence-electron chi connectivity index (χ1n) is 4.37. The smallest absolute Gasteiger partial charge is 0.390 e. The highest BCUT2D eigenvalue weighted by atomic mass is 19.4. The van der Waals surface area contributed by atoms with Crippen LogP contribution in [0.3, 0.4) is 0 Å². The predicted octanol–water partition coefficient (Wildman–Crippen LogP) is 2.05. The third-order valence-electron chi connectivity index (χ3n) is 1.92. The monoisotopic (exact) mass is 219 g/mol. The summed E-state index contributed by atoms with van der Waals surface area (Å²) >= 11 is 0. The number of halogens is 3. The molecule has 0 spiro atoms. The topological polar surface area (TPSA) is 42.2 Å². The molecule has 0 amide bonds. The first kappa shape index (κ1) is 11.6. The Morgan fingerprint density at radius 3 is 2.60 bits per heavy atom. The Hall–Kier alpha value is -1.46. The quantitative estimate of drug-likeness (QED) is 0.846. The zero-order chi connectivity index (χ0) is 11.5. The number of aromatic nitrogens is 1. The van der Waals surface area contributed by atoms with Gasteiger partial charge in [-0.05, 0) is 6.07 Å². The Kier molecular flexibility index (Phi) is 3.39. The molecule has 1 aromatic heterocycles. The normalized spacial score (nSPS) is 11.5. The number of hydrogen-bond donors (Lipinski definition) is 1. The molecule has 0 aromatic carbocycles. The Balaban J connectivity index is 2.58. The van der Waals surface area contributed by atoms with Crippen LogP contribution in [0, 0.1) is 0 Å². The van der Waals surface area contributed by atoms with Gasteiger partial charge in [-0.25, -0.2) is 0 Å². The molecule has 0 unspecified atom stereocenters. The SMILES string of the molecule is CN(CCC(F)(F)F)c1cncc(N)c1. The van der Waals surface area contributed by atoms with E-state index in [1.807, 2.05) is 0 Å². The van der Waals surface area contributed by atoms with Gasteiger partial charge in [0, 0.05) is 19.8 Å². The molecule has 6 heteroatoms. The number of alkyl halides is 3. The van der Waals surface area contributed by atoms with Crippen molar-refractivity contribution in [3.8, 4) is 0 Å². The van der Waals surface area contributed by atoms with Crippen molar-refractivity contribution in [3.63, 3.8) is 0 Å². The fraction of sp³-hybridized carbons (Fsp3) is 0.444. The lowest BCUT2D eigenvalue weighted by molar-refractivity contribution is -0.132. The fourth-order valence-corrected chi connectivity index (χ4v) is 1.08. The van der Waals surface area contributed by atoms with Crippen LogP contribution in [0.15, 0.2) is 18.5 Å². The maximum atomic E-state index is 11.9. The van der Waals surface area contributed by atoms with E-state index < -0.39 is 12.6 Å². The Morgan fingerprint density at radius 1 is 1.40 bits per heavy atom. The molecule has 1 heterocycles. The Morgan fingerprint density at radius 2 is 2.07 bits per heavy atom. The van der Waals surface area contributed by atoms with Gasteiger partial charge >= 0.3 is 6.18 Å². The summed E-state index contributed by atoms with van der Waals surface area (Å²) in [5.74, 6) is 0. The molecule has 0 fully saturated rings. The summed E-state index contributed by atoms with van der Waals surface area (Å²) in [5, 5.41) is 0. The van der Waals surface area contributed by atoms with Crippen LogP contribution in [0.1, 0.15) is 6.42 Å². The van der Waals surface area contributed by atoms with E-state index in [9.17, 15) is 13.2 Å². The summed E-state index contributed by atoms with van der Waals surface area (Å²) in [5.41, 5.74) is 6.49. The van der Waals surface area contributed by atoms with Gasteiger partial charge in [-0.3, -0.25) is 4.98 Å². The van der Waals surface area contributed by atoms with Crippen LogP contribution in [0.25, 0.3) is 0 Å². The van der Waals surface area contributed by atoms with Gasteiger partial charge in [-0.1, -0.05) is 0 Å². The summed E-state index contributed by atoms with van der Waals surface area (Å²) in [6.45, 7) is -0.103. The molecule has 2 N–H and O–H groups in total. The van der Waals surface area contributed by atoms with Crippen molar-refractivity contribution in [2.75, 3.05) is 24.2 Å². The summed E-state index contributed by atoms with van der Waals surface area (Å²) in [6, 6.07) is 1.59. The Bertz CT molecular complexity index is 325. The fourth-order valence-electron chi connectivity index (χ4n) is 1.08. The van der Waals surface area contributed by atoms with Gasteiger partial charge in [0.05, 0.1) is 24.0 Å². The minimum atomic E-state index is -4.14. The summed E-state index contributed by atoms with van der Waals surface area (Å²) in [6.07, 6.45) is -2.06. The molecule has 0 aliphatic heterocycles. The number of anilines is 2. The van der Waals surface area contributed by atoms with Crippen molar-refractivity contribution in [1.29, 1.82) is 0 Å². The van der Waals surface area contributed by atoms with Crippen LogP contribution in [0.2, 0.25) is 0 Å². The molecule has 0 aliphatic rings. The number of nitrogens with two attached hydrogens (primary N) is 1. The minimum absolute atomic E-state index is 0.103.